The van der Waals surface area contributed by atoms with E-state index in [1.54, 1.807) is 18.3 Å². The van der Waals surface area contributed by atoms with Crippen LogP contribution in [0, 0.1) is 17.1 Å². The Balaban J connectivity index is 1.66. The molecule has 4 aromatic rings. The smallest absolute Gasteiger partial charge is 0.144 e. The quantitative estimate of drug-likeness (QED) is 0.512. The SMILES string of the molecule is N#Cc1cc(-c2ccc3ncnc(N4CCc5cc(F)c(Cl)cc54)c3c2)cnc1N. The lowest BCUT2D eigenvalue weighted by atomic mass is 10.0. The largest absolute Gasteiger partial charge is 0.383 e. The molecule has 0 aliphatic carbocycles. The zero-order valence-electron chi connectivity index (χ0n) is 15.6. The average Bonchev–Trinajstić information content (AvgIpc) is 3.16. The molecule has 146 valence electrons. The molecule has 1 aliphatic heterocycles. The molecule has 0 saturated heterocycles. The molecular formula is C22H14ClFN6. The molecule has 0 bridgehead atoms. The van der Waals surface area contributed by atoms with Gasteiger partial charge in [-0.3, -0.25) is 0 Å². The van der Waals surface area contributed by atoms with Gasteiger partial charge in [-0.1, -0.05) is 17.7 Å². The van der Waals surface area contributed by atoms with E-state index in [1.165, 1.54) is 12.4 Å². The number of hydrogen-bond acceptors (Lipinski definition) is 6. The molecule has 8 heteroatoms. The van der Waals surface area contributed by atoms with E-state index >= 15 is 0 Å². The van der Waals surface area contributed by atoms with Gasteiger partial charge in [0.05, 0.1) is 16.1 Å². The van der Waals surface area contributed by atoms with Crippen LogP contribution in [0.15, 0.2) is 48.9 Å². The number of aromatic nitrogens is 3. The van der Waals surface area contributed by atoms with Gasteiger partial charge < -0.3 is 10.6 Å². The van der Waals surface area contributed by atoms with E-state index in [0.29, 0.717) is 24.3 Å². The van der Waals surface area contributed by atoms with Crippen molar-refractivity contribution in [2.75, 3.05) is 17.2 Å². The van der Waals surface area contributed by atoms with Gasteiger partial charge in [0.1, 0.15) is 29.8 Å². The maximum absolute atomic E-state index is 13.9. The van der Waals surface area contributed by atoms with Gasteiger partial charge in [0, 0.05) is 29.4 Å². The molecule has 3 heterocycles. The molecule has 30 heavy (non-hydrogen) atoms. The number of halogens is 2. The van der Waals surface area contributed by atoms with Crippen LogP contribution >= 0.6 is 11.6 Å². The Hall–Kier alpha value is -3.76. The fourth-order valence-electron chi connectivity index (χ4n) is 3.76. The fourth-order valence-corrected chi connectivity index (χ4v) is 3.92. The molecule has 6 nitrogen and oxygen atoms in total. The molecule has 5 rings (SSSR count). The summed E-state index contributed by atoms with van der Waals surface area (Å²) in [4.78, 5) is 15.0. The summed E-state index contributed by atoms with van der Waals surface area (Å²) in [7, 11) is 0. The number of nitrogen functional groups attached to an aromatic ring is 1. The lowest BCUT2D eigenvalue weighted by Gasteiger charge is -2.20. The van der Waals surface area contributed by atoms with E-state index in [-0.39, 0.29) is 10.8 Å². The highest BCUT2D eigenvalue weighted by Crippen LogP contribution is 2.39. The Morgan fingerprint density at radius 2 is 1.97 bits per heavy atom. The van der Waals surface area contributed by atoms with E-state index in [2.05, 4.69) is 21.0 Å². The number of fused-ring (bicyclic) bond motifs is 2. The van der Waals surface area contributed by atoms with Crippen LogP contribution in [-0.4, -0.2) is 21.5 Å². The average molecular weight is 417 g/mol. The summed E-state index contributed by atoms with van der Waals surface area (Å²) in [5, 5.41) is 10.2. The third kappa shape index (κ3) is 2.90. The number of hydrogen-bond donors (Lipinski definition) is 1. The molecule has 2 N–H and O–H groups in total. The second kappa shape index (κ2) is 6.94. The van der Waals surface area contributed by atoms with Crippen LogP contribution in [0.5, 0.6) is 0 Å². The summed E-state index contributed by atoms with van der Waals surface area (Å²) in [5.74, 6) is 0.493. The zero-order chi connectivity index (χ0) is 20.8. The number of benzene rings is 2. The van der Waals surface area contributed by atoms with Crippen molar-refractivity contribution in [3.8, 4) is 17.2 Å². The van der Waals surface area contributed by atoms with Crippen LogP contribution in [0.3, 0.4) is 0 Å². The molecule has 0 radical (unpaired) electrons. The first kappa shape index (κ1) is 18.3. The monoisotopic (exact) mass is 416 g/mol. The van der Waals surface area contributed by atoms with Crippen LogP contribution in [0.1, 0.15) is 11.1 Å². The van der Waals surface area contributed by atoms with Gasteiger partial charge >= 0.3 is 0 Å². The summed E-state index contributed by atoms with van der Waals surface area (Å²) in [6, 6.07) is 12.7. The number of nitriles is 1. The van der Waals surface area contributed by atoms with Gasteiger partial charge in [-0.05, 0) is 47.9 Å². The molecule has 0 spiro atoms. The molecular weight excluding hydrogens is 403 g/mol. The van der Waals surface area contributed by atoms with E-state index in [0.717, 1.165) is 33.3 Å². The van der Waals surface area contributed by atoms with E-state index in [9.17, 15) is 9.65 Å². The summed E-state index contributed by atoms with van der Waals surface area (Å²) in [6.45, 7) is 0.660. The molecule has 0 atom stereocenters. The molecule has 0 fully saturated rings. The molecule has 0 unspecified atom stereocenters. The maximum Gasteiger partial charge on any atom is 0.144 e. The zero-order valence-corrected chi connectivity index (χ0v) is 16.4. The van der Waals surface area contributed by atoms with Crippen molar-refractivity contribution in [3.05, 3.63) is 70.9 Å². The van der Waals surface area contributed by atoms with Crippen LogP contribution in [0.2, 0.25) is 5.02 Å². The Morgan fingerprint density at radius 1 is 1.10 bits per heavy atom. The van der Waals surface area contributed by atoms with Crippen molar-refractivity contribution >= 4 is 39.8 Å². The molecule has 2 aromatic heterocycles. The van der Waals surface area contributed by atoms with E-state index in [1.807, 2.05) is 23.1 Å². The molecule has 0 saturated carbocycles. The van der Waals surface area contributed by atoms with Crippen LogP contribution < -0.4 is 10.6 Å². The van der Waals surface area contributed by atoms with Gasteiger partial charge in [-0.2, -0.15) is 5.26 Å². The van der Waals surface area contributed by atoms with Gasteiger partial charge in [0.2, 0.25) is 0 Å². The van der Waals surface area contributed by atoms with Crippen molar-refractivity contribution in [3.63, 3.8) is 0 Å². The van der Waals surface area contributed by atoms with Crippen molar-refractivity contribution in [2.24, 2.45) is 0 Å². The Kier molecular flexibility index (Phi) is 4.23. The van der Waals surface area contributed by atoms with E-state index < -0.39 is 5.82 Å². The first-order chi connectivity index (χ1) is 14.5. The van der Waals surface area contributed by atoms with Gasteiger partial charge in [-0.15, -0.1) is 0 Å². The number of pyridine rings is 1. The Morgan fingerprint density at radius 3 is 2.80 bits per heavy atom. The number of anilines is 3. The third-order valence-electron chi connectivity index (χ3n) is 5.26. The summed E-state index contributed by atoms with van der Waals surface area (Å²) < 4.78 is 13.9. The predicted molar refractivity (Wildman–Crippen MR) is 114 cm³/mol. The standard InChI is InChI=1S/C22H14ClFN6/c23-17-8-20-13(7-18(17)24)3-4-30(20)22-16-6-12(1-2-19(16)28-11-29-22)15-5-14(9-25)21(26)27-10-15/h1-2,5-8,10-11H,3-4H2,(H2,26,27). The fraction of sp³-hybridized carbons (Fsp3) is 0.0909. The summed E-state index contributed by atoms with van der Waals surface area (Å²) >= 11 is 6.03. The minimum atomic E-state index is -0.420. The van der Waals surface area contributed by atoms with Crippen molar-refractivity contribution in [2.45, 2.75) is 6.42 Å². The third-order valence-corrected chi connectivity index (χ3v) is 5.55. The lowest BCUT2D eigenvalue weighted by molar-refractivity contribution is 0.627. The van der Waals surface area contributed by atoms with Crippen molar-refractivity contribution in [1.82, 2.24) is 15.0 Å². The van der Waals surface area contributed by atoms with E-state index in [4.69, 9.17) is 17.3 Å². The van der Waals surface area contributed by atoms with Crippen LogP contribution in [0.25, 0.3) is 22.0 Å². The van der Waals surface area contributed by atoms with Crippen LogP contribution in [0.4, 0.5) is 21.7 Å². The summed E-state index contributed by atoms with van der Waals surface area (Å²) in [6.07, 6.45) is 3.84. The van der Waals surface area contributed by atoms with Gasteiger partial charge in [0.15, 0.2) is 0 Å². The number of nitrogens with two attached hydrogens (primary N) is 1. The van der Waals surface area contributed by atoms with Crippen LogP contribution in [-0.2, 0) is 6.42 Å². The van der Waals surface area contributed by atoms with Crippen molar-refractivity contribution in [1.29, 1.82) is 5.26 Å². The predicted octanol–water partition coefficient (Wildman–Crippen LogP) is 4.63. The lowest BCUT2D eigenvalue weighted by Crippen LogP contribution is -2.15. The molecule has 2 aromatic carbocycles. The van der Waals surface area contributed by atoms with Crippen molar-refractivity contribution < 1.29 is 4.39 Å². The Labute approximate surface area is 176 Å². The normalized spacial score (nSPS) is 12.8. The highest BCUT2D eigenvalue weighted by Gasteiger charge is 2.25. The van der Waals surface area contributed by atoms with Gasteiger partial charge in [0.25, 0.3) is 0 Å². The first-order valence-corrected chi connectivity index (χ1v) is 9.59. The minimum Gasteiger partial charge on any atom is -0.383 e. The number of rotatable bonds is 2. The molecule has 1 aliphatic rings. The minimum absolute atomic E-state index is 0.0803. The van der Waals surface area contributed by atoms with Gasteiger partial charge in [-0.25, -0.2) is 19.3 Å². The first-order valence-electron chi connectivity index (χ1n) is 9.21. The topological polar surface area (TPSA) is 91.7 Å². The number of nitrogens with zero attached hydrogens (tertiary/aromatic N) is 5. The second-order valence-electron chi connectivity index (χ2n) is 6.99. The summed E-state index contributed by atoms with van der Waals surface area (Å²) in [5.41, 5.74) is 10.2. The maximum atomic E-state index is 13.9. The Bertz CT molecular complexity index is 1360. The molecule has 0 amide bonds. The highest BCUT2D eigenvalue weighted by atomic mass is 35.5. The highest BCUT2D eigenvalue weighted by molar-refractivity contribution is 6.31. The second-order valence-corrected chi connectivity index (χ2v) is 7.40.